The van der Waals surface area contributed by atoms with Gasteiger partial charge in [-0.25, -0.2) is 5.14 Å². The predicted octanol–water partition coefficient (Wildman–Crippen LogP) is -0.00740. The van der Waals surface area contributed by atoms with Crippen molar-refractivity contribution in [1.29, 1.82) is 0 Å². The Kier molecular flexibility index (Phi) is 4.33. The van der Waals surface area contributed by atoms with Crippen LogP contribution in [0.1, 0.15) is 10.4 Å². The Morgan fingerprint density at radius 3 is 2.35 bits per heavy atom. The van der Waals surface area contributed by atoms with E-state index >= 15 is 0 Å². The fourth-order valence-electron chi connectivity index (χ4n) is 2.03. The minimum atomic E-state index is -3.69. The van der Waals surface area contributed by atoms with Crippen molar-refractivity contribution in [2.45, 2.75) is 0 Å². The number of carbonyl (C=O) groups excluding carboxylic acids is 1. The molecule has 1 aliphatic rings. The highest BCUT2D eigenvalue weighted by atomic mass is 79.9. The highest BCUT2D eigenvalue weighted by Gasteiger charge is 2.27. The van der Waals surface area contributed by atoms with Crippen molar-refractivity contribution in [3.63, 3.8) is 0 Å². The smallest absolute Gasteiger partial charge is 0.277 e. The van der Waals surface area contributed by atoms with Gasteiger partial charge >= 0.3 is 0 Å². The molecule has 1 amide bonds. The van der Waals surface area contributed by atoms with Crippen LogP contribution in [0.5, 0.6) is 0 Å². The topological polar surface area (TPSA) is 110 Å². The van der Waals surface area contributed by atoms with Crippen molar-refractivity contribution in [2.24, 2.45) is 5.14 Å². The summed E-state index contributed by atoms with van der Waals surface area (Å²) in [5, 5.41) is 5.06. The summed E-state index contributed by atoms with van der Waals surface area (Å²) in [5.41, 5.74) is 6.70. The van der Waals surface area contributed by atoms with Crippen molar-refractivity contribution in [1.82, 2.24) is 9.21 Å². The normalized spacial score (nSPS) is 17.2. The van der Waals surface area contributed by atoms with E-state index in [4.69, 9.17) is 10.9 Å². The Balaban J connectivity index is 2.11. The SMILES string of the molecule is Nc1cccc(C(=O)N2CCN(S(N)(=O)=O)CC2)c1Br. The largest absolute Gasteiger partial charge is 0.398 e. The molecule has 9 heteroatoms. The molecule has 0 atom stereocenters. The van der Waals surface area contributed by atoms with E-state index in [0.717, 1.165) is 4.31 Å². The summed E-state index contributed by atoms with van der Waals surface area (Å²) in [6.07, 6.45) is 0. The molecular formula is C11H15BrN4O3S. The van der Waals surface area contributed by atoms with Crippen LogP contribution < -0.4 is 10.9 Å². The minimum absolute atomic E-state index is 0.182. The van der Waals surface area contributed by atoms with Gasteiger partial charge in [0.2, 0.25) is 0 Å². The van der Waals surface area contributed by atoms with E-state index < -0.39 is 10.2 Å². The maximum absolute atomic E-state index is 12.4. The molecule has 0 aliphatic carbocycles. The molecule has 1 aliphatic heterocycles. The summed E-state index contributed by atoms with van der Waals surface area (Å²) in [4.78, 5) is 14.0. The number of piperazine rings is 1. The molecular weight excluding hydrogens is 348 g/mol. The van der Waals surface area contributed by atoms with Crippen molar-refractivity contribution < 1.29 is 13.2 Å². The Labute approximate surface area is 125 Å². The molecule has 0 radical (unpaired) electrons. The van der Waals surface area contributed by atoms with Crippen LogP contribution in [0.3, 0.4) is 0 Å². The van der Waals surface area contributed by atoms with Crippen LogP contribution in [0.15, 0.2) is 22.7 Å². The number of rotatable bonds is 2. The van der Waals surface area contributed by atoms with Crippen molar-refractivity contribution in [3.8, 4) is 0 Å². The van der Waals surface area contributed by atoms with Crippen molar-refractivity contribution >= 4 is 37.7 Å². The zero-order valence-electron chi connectivity index (χ0n) is 10.6. The second kappa shape index (κ2) is 5.68. The number of hydrogen-bond donors (Lipinski definition) is 2. The van der Waals surface area contributed by atoms with E-state index in [1.165, 1.54) is 0 Å². The molecule has 0 aromatic heterocycles. The maximum atomic E-state index is 12.4. The van der Waals surface area contributed by atoms with Gasteiger partial charge in [0.05, 0.1) is 10.0 Å². The number of anilines is 1. The van der Waals surface area contributed by atoms with Gasteiger partial charge in [-0.05, 0) is 28.1 Å². The third-order valence-corrected chi connectivity index (χ3v) is 5.11. The first-order valence-corrected chi connectivity index (χ1v) is 8.21. The summed E-state index contributed by atoms with van der Waals surface area (Å²) in [7, 11) is -3.69. The van der Waals surface area contributed by atoms with Gasteiger partial charge < -0.3 is 10.6 Å². The Hall–Kier alpha value is -1.16. The number of halogens is 1. The molecule has 0 spiro atoms. The molecule has 1 heterocycles. The van der Waals surface area contributed by atoms with Crippen molar-refractivity contribution in [2.75, 3.05) is 31.9 Å². The van der Waals surface area contributed by atoms with E-state index in [1.54, 1.807) is 23.1 Å². The van der Waals surface area contributed by atoms with Crippen molar-refractivity contribution in [3.05, 3.63) is 28.2 Å². The van der Waals surface area contributed by atoms with Crippen LogP contribution in [0.4, 0.5) is 5.69 Å². The van der Waals surface area contributed by atoms with E-state index in [0.29, 0.717) is 28.8 Å². The van der Waals surface area contributed by atoms with Crippen LogP contribution in [-0.2, 0) is 10.2 Å². The fraction of sp³-hybridized carbons (Fsp3) is 0.364. The summed E-state index contributed by atoms with van der Waals surface area (Å²) >= 11 is 3.29. The number of nitrogens with zero attached hydrogens (tertiary/aromatic N) is 2. The summed E-state index contributed by atoms with van der Waals surface area (Å²) in [6, 6.07) is 5.07. The van der Waals surface area contributed by atoms with Gasteiger partial charge in [-0.1, -0.05) is 6.07 Å². The number of benzene rings is 1. The highest BCUT2D eigenvalue weighted by molar-refractivity contribution is 9.10. The molecule has 0 bridgehead atoms. The van der Waals surface area contributed by atoms with Gasteiger partial charge in [-0.15, -0.1) is 0 Å². The summed E-state index contributed by atoms with van der Waals surface area (Å²) in [6.45, 7) is 1.00. The average molecular weight is 363 g/mol. The number of amides is 1. The summed E-state index contributed by atoms with van der Waals surface area (Å²) < 4.78 is 24.1. The van der Waals surface area contributed by atoms with Gasteiger partial charge in [0.25, 0.3) is 16.1 Å². The molecule has 0 unspecified atom stereocenters. The van der Waals surface area contributed by atoms with E-state index in [9.17, 15) is 13.2 Å². The van der Waals surface area contributed by atoms with Crippen LogP contribution in [0, 0.1) is 0 Å². The molecule has 0 saturated carbocycles. The van der Waals surface area contributed by atoms with E-state index in [-0.39, 0.29) is 19.0 Å². The first-order chi connectivity index (χ1) is 9.30. The first kappa shape index (κ1) is 15.2. The van der Waals surface area contributed by atoms with E-state index in [2.05, 4.69) is 15.9 Å². The quantitative estimate of drug-likeness (QED) is 0.721. The lowest BCUT2D eigenvalue weighted by atomic mass is 10.1. The molecule has 1 aromatic carbocycles. The fourth-order valence-corrected chi connectivity index (χ4v) is 3.14. The highest BCUT2D eigenvalue weighted by Crippen LogP contribution is 2.25. The molecule has 4 N–H and O–H groups in total. The number of hydrogen-bond acceptors (Lipinski definition) is 4. The Morgan fingerprint density at radius 2 is 1.80 bits per heavy atom. The lowest BCUT2D eigenvalue weighted by Crippen LogP contribution is -2.52. The Morgan fingerprint density at radius 1 is 1.20 bits per heavy atom. The number of nitrogen functional groups attached to an aromatic ring is 1. The van der Waals surface area contributed by atoms with Crippen LogP contribution in [-0.4, -0.2) is 49.7 Å². The second-order valence-electron chi connectivity index (χ2n) is 4.44. The van der Waals surface area contributed by atoms with Gasteiger partial charge in [0.1, 0.15) is 0 Å². The van der Waals surface area contributed by atoms with Crippen LogP contribution in [0.25, 0.3) is 0 Å². The maximum Gasteiger partial charge on any atom is 0.277 e. The second-order valence-corrected chi connectivity index (χ2v) is 6.78. The molecule has 1 saturated heterocycles. The zero-order valence-corrected chi connectivity index (χ0v) is 13.0. The summed E-state index contributed by atoms with van der Waals surface area (Å²) in [5.74, 6) is -0.182. The molecule has 2 rings (SSSR count). The average Bonchev–Trinajstić information content (AvgIpc) is 2.40. The monoisotopic (exact) mass is 362 g/mol. The molecule has 1 fully saturated rings. The first-order valence-electron chi connectivity index (χ1n) is 5.92. The van der Waals surface area contributed by atoms with Gasteiger partial charge in [-0.3, -0.25) is 4.79 Å². The number of carbonyl (C=O) groups is 1. The molecule has 110 valence electrons. The number of nitrogens with two attached hydrogens (primary N) is 2. The molecule has 1 aromatic rings. The zero-order chi connectivity index (χ0) is 14.9. The lowest BCUT2D eigenvalue weighted by molar-refractivity contribution is 0.0697. The van der Waals surface area contributed by atoms with Crippen LogP contribution in [0.2, 0.25) is 0 Å². The lowest BCUT2D eigenvalue weighted by Gasteiger charge is -2.33. The van der Waals surface area contributed by atoms with Gasteiger partial charge in [-0.2, -0.15) is 12.7 Å². The van der Waals surface area contributed by atoms with Crippen LogP contribution >= 0.6 is 15.9 Å². The van der Waals surface area contributed by atoms with E-state index in [1.807, 2.05) is 0 Å². The van der Waals surface area contributed by atoms with Gasteiger partial charge in [0.15, 0.2) is 0 Å². The third kappa shape index (κ3) is 3.11. The van der Waals surface area contributed by atoms with Gasteiger partial charge in [0, 0.05) is 31.9 Å². The molecule has 20 heavy (non-hydrogen) atoms. The Bertz CT molecular complexity index is 627. The molecule has 7 nitrogen and oxygen atoms in total. The standard InChI is InChI=1S/C11H15BrN4O3S/c12-10-8(2-1-3-9(10)13)11(17)15-4-6-16(7-5-15)20(14,18)19/h1-3H,4-7,13H2,(H2,14,18,19). The minimum Gasteiger partial charge on any atom is -0.398 e. The predicted molar refractivity (Wildman–Crippen MR) is 79.1 cm³/mol. The third-order valence-electron chi connectivity index (χ3n) is 3.14.